The van der Waals surface area contributed by atoms with Crippen LogP contribution in [0.1, 0.15) is 29.8 Å². The second kappa shape index (κ2) is 10.5. The van der Waals surface area contributed by atoms with E-state index in [0.29, 0.717) is 16.3 Å². The second-order valence-electron chi connectivity index (χ2n) is 7.46. The molecule has 0 fully saturated rings. The van der Waals surface area contributed by atoms with Gasteiger partial charge in [-0.1, -0.05) is 67.4 Å². The summed E-state index contributed by atoms with van der Waals surface area (Å²) in [5, 5.41) is 9.42. The highest BCUT2D eigenvalue weighted by Crippen LogP contribution is 2.26. The molecular formula is C24H23Cl2N3O3. The van der Waals surface area contributed by atoms with E-state index in [1.807, 2.05) is 50.2 Å². The van der Waals surface area contributed by atoms with E-state index in [1.54, 1.807) is 13.2 Å². The normalized spacial score (nSPS) is 12.2. The van der Waals surface area contributed by atoms with Crippen LogP contribution >= 0.6 is 23.2 Å². The molecule has 3 aromatic carbocycles. The molecule has 1 atom stereocenters. The number of rotatable bonds is 7. The van der Waals surface area contributed by atoms with Crippen molar-refractivity contribution >= 4 is 52.0 Å². The highest BCUT2D eigenvalue weighted by atomic mass is 35.5. The average Bonchev–Trinajstić information content (AvgIpc) is 2.78. The van der Waals surface area contributed by atoms with Crippen molar-refractivity contribution < 1.29 is 14.3 Å². The molecule has 0 saturated carbocycles. The number of fused-ring (bicyclic) bond motifs is 1. The first-order chi connectivity index (χ1) is 15.3. The maximum absolute atomic E-state index is 12.8. The molecule has 1 unspecified atom stereocenters. The summed E-state index contributed by atoms with van der Waals surface area (Å²) in [7, 11) is 1.58. The third-order valence-corrected chi connectivity index (χ3v) is 5.68. The van der Waals surface area contributed by atoms with Crippen LogP contribution in [0.2, 0.25) is 10.0 Å². The zero-order valence-corrected chi connectivity index (χ0v) is 19.4. The van der Waals surface area contributed by atoms with Gasteiger partial charge in [-0.3, -0.25) is 9.59 Å². The monoisotopic (exact) mass is 471 g/mol. The quantitative estimate of drug-likeness (QED) is 0.373. The molecule has 0 bridgehead atoms. The Morgan fingerprint density at radius 3 is 2.47 bits per heavy atom. The van der Waals surface area contributed by atoms with Crippen LogP contribution in [0.4, 0.5) is 0 Å². The number of nitrogens with zero attached hydrogens (tertiary/aromatic N) is 1. The molecule has 6 nitrogen and oxygen atoms in total. The molecule has 0 spiro atoms. The van der Waals surface area contributed by atoms with Gasteiger partial charge in [0.25, 0.3) is 11.8 Å². The molecule has 0 aliphatic heterocycles. The molecule has 3 rings (SSSR count). The van der Waals surface area contributed by atoms with Gasteiger partial charge < -0.3 is 10.1 Å². The Kier molecular flexibility index (Phi) is 7.72. The lowest BCUT2D eigenvalue weighted by atomic mass is 10.0. The molecule has 0 aliphatic carbocycles. The van der Waals surface area contributed by atoms with Gasteiger partial charge in [0.15, 0.2) is 0 Å². The predicted molar refractivity (Wildman–Crippen MR) is 129 cm³/mol. The van der Waals surface area contributed by atoms with Crippen molar-refractivity contribution in [2.45, 2.75) is 19.9 Å². The number of carbonyl (C=O) groups excluding carboxylic acids is 2. The fourth-order valence-corrected chi connectivity index (χ4v) is 3.51. The Labute approximate surface area is 196 Å². The van der Waals surface area contributed by atoms with Crippen LogP contribution in [0.5, 0.6) is 5.75 Å². The van der Waals surface area contributed by atoms with E-state index in [0.717, 1.165) is 16.3 Å². The number of halogens is 2. The minimum absolute atomic E-state index is 0.177. The molecule has 2 N–H and O–H groups in total. The Hall–Kier alpha value is -3.09. The number of hydrazone groups is 1. The minimum Gasteiger partial charge on any atom is -0.496 e. The molecular weight excluding hydrogens is 449 g/mol. The van der Waals surface area contributed by atoms with Gasteiger partial charge in [0, 0.05) is 11.1 Å². The van der Waals surface area contributed by atoms with Gasteiger partial charge in [-0.15, -0.1) is 0 Å². The van der Waals surface area contributed by atoms with Crippen molar-refractivity contribution in [3.05, 3.63) is 75.8 Å². The summed E-state index contributed by atoms with van der Waals surface area (Å²) in [6, 6.07) is 15.3. The summed E-state index contributed by atoms with van der Waals surface area (Å²) in [5.41, 5.74) is 3.57. The third-order valence-electron chi connectivity index (χ3n) is 4.94. The number of hydrogen-bond acceptors (Lipinski definition) is 4. The first kappa shape index (κ1) is 23.6. The second-order valence-corrected chi connectivity index (χ2v) is 8.28. The van der Waals surface area contributed by atoms with Gasteiger partial charge in [-0.05, 0) is 41.0 Å². The predicted octanol–water partition coefficient (Wildman–Crippen LogP) is 5.06. The maximum Gasteiger partial charge on any atom is 0.262 e. The summed E-state index contributed by atoms with van der Waals surface area (Å²) >= 11 is 11.9. The van der Waals surface area contributed by atoms with Gasteiger partial charge in [0.05, 0.1) is 23.4 Å². The van der Waals surface area contributed by atoms with Crippen LogP contribution < -0.4 is 15.5 Å². The van der Waals surface area contributed by atoms with E-state index in [-0.39, 0.29) is 10.9 Å². The molecule has 2 amide bonds. The van der Waals surface area contributed by atoms with Gasteiger partial charge in [-0.2, -0.15) is 5.10 Å². The summed E-state index contributed by atoms with van der Waals surface area (Å²) < 4.78 is 5.44. The van der Waals surface area contributed by atoms with Crippen molar-refractivity contribution in [3.63, 3.8) is 0 Å². The van der Waals surface area contributed by atoms with Gasteiger partial charge >= 0.3 is 0 Å². The van der Waals surface area contributed by atoms with Gasteiger partial charge in [0.1, 0.15) is 11.8 Å². The fourth-order valence-electron chi connectivity index (χ4n) is 3.21. The summed E-state index contributed by atoms with van der Waals surface area (Å²) in [6.07, 6.45) is 1.54. The number of ether oxygens (including phenoxy) is 1. The smallest absolute Gasteiger partial charge is 0.262 e. The Morgan fingerprint density at radius 2 is 1.78 bits per heavy atom. The van der Waals surface area contributed by atoms with E-state index >= 15 is 0 Å². The van der Waals surface area contributed by atoms with Crippen molar-refractivity contribution in [3.8, 4) is 5.75 Å². The SMILES string of the molecule is COc1ccc2ccccc2c1/C=N/NC(=O)C(NC(=O)c1ccc(Cl)c(Cl)c1)C(C)C. The zero-order chi connectivity index (χ0) is 23.3. The number of hydrogen-bond donors (Lipinski definition) is 2. The summed E-state index contributed by atoms with van der Waals surface area (Å²) in [5.74, 6) is -0.417. The lowest BCUT2D eigenvalue weighted by molar-refractivity contribution is -0.123. The third kappa shape index (κ3) is 5.39. The number of amides is 2. The Bertz CT molecular complexity index is 1180. The summed E-state index contributed by atoms with van der Waals surface area (Å²) in [6.45, 7) is 3.66. The number of methoxy groups -OCH3 is 1. The van der Waals surface area contributed by atoms with Crippen LogP contribution in [0.3, 0.4) is 0 Å². The van der Waals surface area contributed by atoms with E-state index in [9.17, 15) is 9.59 Å². The van der Waals surface area contributed by atoms with E-state index in [2.05, 4.69) is 15.8 Å². The number of benzene rings is 3. The molecule has 3 aromatic rings. The number of carbonyl (C=O) groups is 2. The molecule has 0 heterocycles. The van der Waals surface area contributed by atoms with Gasteiger partial charge in [-0.25, -0.2) is 5.43 Å². The van der Waals surface area contributed by atoms with Crippen LogP contribution in [-0.4, -0.2) is 31.2 Å². The van der Waals surface area contributed by atoms with Crippen molar-refractivity contribution in [1.82, 2.24) is 10.7 Å². The molecule has 0 aliphatic rings. The average molecular weight is 472 g/mol. The molecule has 166 valence electrons. The van der Waals surface area contributed by atoms with Crippen LogP contribution in [-0.2, 0) is 4.79 Å². The number of nitrogens with one attached hydrogen (secondary N) is 2. The molecule has 32 heavy (non-hydrogen) atoms. The van der Waals surface area contributed by atoms with Crippen molar-refractivity contribution in [2.24, 2.45) is 11.0 Å². The largest absolute Gasteiger partial charge is 0.496 e. The van der Waals surface area contributed by atoms with E-state index in [4.69, 9.17) is 27.9 Å². The zero-order valence-electron chi connectivity index (χ0n) is 17.9. The first-order valence-corrected chi connectivity index (χ1v) is 10.7. The first-order valence-electron chi connectivity index (χ1n) is 9.96. The Morgan fingerprint density at radius 1 is 1.03 bits per heavy atom. The Balaban J connectivity index is 1.76. The topological polar surface area (TPSA) is 79.8 Å². The van der Waals surface area contributed by atoms with E-state index in [1.165, 1.54) is 18.3 Å². The standard InChI is InChI=1S/C24H23Cl2N3O3/c1-14(2)22(28-23(30)16-8-10-19(25)20(26)12-16)24(31)29-27-13-18-17-7-5-4-6-15(17)9-11-21(18)32-3/h4-14,22H,1-3H3,(H,28,30)(H,29,31)/b27-13+. The molecule has 8 heteroatoms. The highest BCUT2D eigenvalue weighted by molar-refractivity contribution is 6.42. The maximum atomic E-state index is 12.8. The van der Waals surface area contributed by atoms with Crippen LogP contribution in [0.25, 0.3) is 10.8 Å². The highest BCUT2D eigenvalue weighted by Gasteiger charge is 2.24. The van der Waals surface area contributed by atoms with Crippen LogP contribution in [0.15, 0.2) is 59.7 Å². The lowest BCUT2D eigenvalue weighted by Gasteiger charge is -2.20. The minimum atomic E-state index is -0.802. The van der Waals surface area contributed by atoms with Crippen molar-refractivity contribution in [2.75, 3.05) is 7.11 Å². The van der Waals surface area contributed by atoms with Gasteiger partial charge in [0.2, 0.25) is 0 Å². The molecule has 0 saturated heterocycles. The fraction of sp³-hybridized carbons (Fsp3) is 0.208. The van der Waals surface area contributed by atoms with E-state index < -0.39 is 17.9 Å². The lowest BCUT2D eigenvalue weighted by Crippen LogP contribution is -2.48. The molecule has 0 aromatic heterocycles. The van der Waals surface area contributed by atoms with Crippen molar-refractivity contribution in [1.29, 1.82) is 0 Å². The molecule has 0 radical (unpaired) electrons. The summed E-state index contributed by atoms with van der Waals surface area (Å²) in [4.78, 5) is 25.4. The van der Waals surface area contributed by atoms with Crippen LogP contribution in [0, 0.1) is 5.92 Å².